The van der Waals surface area contributed by atoms with Gasteiger partial charge in [0.15, 0.2) is 11.4 Å². The summed E-state index contributed by atoms with van der Waals surface area (Å²) in [5, 5.41) is 31.9. The molecule has 7 rings (SSSR count). The van der Waals surface area contributed by atoms with Gasteiger partial charge >= 0.3 is 17.9 Å². The molecular weight excluding hydrogens is 785 g/mol. The Bertz CT molecular complexity index is 1690. The van der Waals surface area contributed by atoms with Crippen molar-refractivity contribution >= 4 is 28.0 Å². The van der Waals surface area contributed by atoms with Crippen LogP contribution in [0.1, 0.15) is 109 Å². The molecule has 0 amide bonds. The quantitative estimate of drug-likeness (QED) is 0.206. The number of carboxylic acid groups (broad SMARTS) is 1. The van der Waals surface area contributed by atoms with Crippen molar-refractivity contribution in [3.63, 3.8) is 0 Å². The highest BCUT2D eigenvalue weighted by Gasteiger charge is 2.20. The summed E-state index contributed by atoms with van der Waals surface area (Å²) in [4.78, 5) is 32.8. The van der Waals surface area contributed by atoms with Gasteiger partial charge in [0.05, 0.1) is 43.8 Å². The molecule has 3 N–H and O–H groups in total. The van der Waals surface area contributed by atoms with Crippen LogP contribution in [0.2, 0.25) is 0 Å². The molecule has 21 heteroatoms. The second kappa shape index (κ2) is 26.7. The number of aromatic carboxylic acids is 1. The van der Waals surface area contributed by atoms with E-state index in [0.29, 0.717) is 56.7 Å². The number of hydrogen-bond donors (Lipinski definition) is 3. The fourth-order valence-electron chi connectivity index (χ4n) is 5.69. The number of aliphatic hydroxyl groups is 1. The fourth-order valence-corrected chi connectivity index (χ4v) is 6.38. The summed E-state index contributed by atoms with van der Waals surface area (Å²) in [7, 11) is -3.28. The zero-order valence-electron chi connectivity index (χ0n) is 33.4. The average Bonchev–Trinajstić information content (AvgIpc) is 4.04. The summed E-state index contributed by atoms with van der Waals surface area (Å²) < 4.78 is 59.7. The number of nitrogens with one attached hydrogen (secondary N) is 1. The summed E-state index contributed by atoms with van der Waals surface area (Å²) in [5.41, 5.74) is 0.881. The van der Waals surface area contributed by atoms with E-state index in [1.54, 1.807) is 36.9 Å². The Balaban J connectivity index is 0.000000199. The molecule has 0 bridgehead atoms. The topological polar surface area (TPSA) is 255 Å². The molecule has 326 valence electrons. The Hall–Kier alpha value is -4.25. The van der Waals surface area contributed by atoms with Gasteiger partial charge in [0.1, 0.15) is 5.69 Å². The van der Waals surface area contributed by atoms with Gasteiger partial charge in [-0.25, -0.2) is 14.4 Å². The number of aliphatic hydroxyl groups excluding tert-OH is 1. The monoisotopic (exact) mass is 842 g/mol. The third-order valence-corrected chi connectivity index (χ3v) is 9.34. The number of carbonyl (C=O) groups is 3. The lowest BCUT2D eigenvalue weighted by atomic mass is 10.1. The molecule has 0 saturated carbocycles. The second-order valence-electron chi connectivity index (χ2n) is 13.2. The van der Waals surface area contributed by atoms with Gasteiger partial charge in [-0.05, 0) is 83.4 Å². The average molecular weight is 843 g/mol. The van der Waals surface area contributed by atoms with Crippen molar-refractivity contribution in [3.05, 3.63) is 53.9 Å². The molecule has 3 aromatic rings. The molecule has 58 heavy (non-hydrogen) atoms. The van der Waals surface area contributed by atoms with Crippen LogP contribution in [0, 0.1) is 0 Å². The minimum Gasteiger partial charge on any atom is -0.476 e. The Labute approximate surface area is 338 Å². The predicted octanol–water partition coefficient (Wildman–Crippen LogP) is 3.23. The van der Waals surface area contributed by atoms with Crippen LogP contribution in [0.3, 0.4) is 0 Å². The number of H-pyrrole nitrogens is 1. The standard InChI is InChI=1S/C11H16N2O3.C9H12N2O3.C6H8N2O2.C6H12O4S.C5H10O2/c1-2-16-11(14)10-3-6-13(12-10)9-4-7-15-8-5-9;12-9(13)8-1-4-11(10-8)7-2-5-14-6-3-7;1-2-10-6(9)5-3-4-7-8-5;1-11(7,8)10-6-2-4-9-5-3-6;6-5-1-3-7-4-2-5/h3,6,9H,2,4-5,7-8H2,1H3;1,4,7H,2-3,5-6H2,(H,12,13);3-4H,2H2,1H3,(H,7,8);6H,2-5H2,1H3;5-6H,1-4H2. The Morgan fingerprint density at radius 3 is 1.57 bits per heavy atom. The largest absolute Gasteiger partial charge is 0.476 e. The molecule has 4 aliphatic rings. The molecule has 4 aliphatic heterocycles. The van der Waals surface area contributed by atoms with E-state index in [9.17, 15) is 22.8 Å². The van der Waals surface area contributed by atoms with Crippen LogP contribution >= 0.6 is 0 Å². The van der Waals surface area contributed by atoms with E-state index >= 15 is 0 Å². The first-order chi connectivity index (χ1) is 27.9. The van der Waals surface area contributed by atoms with Crippen molar-refractivity contribution in [1.82, 2.24) is 29.8 Å². The van der Waals surface area contributed by atoms with Crippen molar-refractivity contribution in [2.75, 3.05) is 72.3 Å². The van der Waals surface area contributed by atoms with Gasteiger partial charge in [0.2, 0.25) is 0 Å². The van der Waals surface area contributed by atoms with Crippen molar-refractivity contribution in [2.45, 2.75) is 89.5 Å². The molecular formula is C37H58N6O14S. The highest BCUT2D eigenvalue weighted by molar-refractivity contribution is 7.86. The zero-order chi connectivity index (χ0) is 42.2. The molecule has 3 aromatic heterocycles. The summed E-state index contributed by atoms with van der Waals surface area (Å²) in [5.74, 6) is -1.69. The lowest BCUT2D eigenvalue weighted by Gasteiger charge is -2.22. The van der Waals surface area contributed by atoms with Gasteiger partial charge in [-0.2, -0.15) is 23.7 Å². The van der Waals surface area contributed by atoms with E-state index in [1.165, 1.54) is 12.3 Å². The number of aromatic amines is 1. The van der Waals surface area contributed by atoms with E-state index in [1.807, 2.05) is 10.9 Å². The SMILES string of the molecule is CCOC(=O)c1ccn(C2CCOCC2)n1.CCOC(=O)c1ccn[nH]1.CS(=O)(=O)OC1CCOCC1.O=C(O)c1ccn(C2CCOCC2)n1.OC1CCOCC1. The minimum absolute atomic E-state index is 0.0891. The summed E-state index contributed by atoms with van der Waals surface area (Å²) in [6.45, 7) is 9.96. The van der Waals surface area contributed by atoms with Crippen molar-refractivity contribution in [3.8, 4) is 0 Å². The van der Waals surface area contributed by atoms with E-state index in [0.717, 1.165) is 84.4 Å². The van der Waals surface area contributed by atoms with Crippen molar-refractivity contribution < 1.29 is 65.6 Å². The first kappa shape index (κ1) is 48.1. The predicted molar refractivity (Wildman–Crippen MR) is 206 cm³/mol. The van der Waals surface area contributed by atoms with Gasteiger partial charge in [0.25, 0.3) is 10.1 Å². The van der Waals surface area contributed by atoms with Crippen LogP contribution in [-0.2, 0) is 42.7 Å². The zero-order valence-corrected chi connectivity index (χ0v) is 34.3. The number of ether oxygens (including phenoxy) is 6. The minimum atomic E-state index is -3.28. The fraction of sp³-hybridized carbons (Fsp3) is 0.676. The molecule has 4 fully saturated rings. The van der Waals surface area contributed by atoms with Crippen LogP contribution in [0.4, 0.5) is 0 Å². The van der Waals surface area contributed by atoms with Crippen LogP contribution in [0.5, 0.6) is 0 Å². The number of carbonyl (C=O) groups excluding carboxylic acids is 2. The van der Waals surface area contributed by atoms with Gasteiger partial charge in [0, 0.05) is 71.4 Å². The lowest BCUT2D eigenvalue weighted by molar-refractivity contribution is 0.0139. The maximum atomic E-state index is 11.4. The Morgan fingerprint density at radius 2 is 1.17 bits per heavy atom. The van der Waals surface area contributed by atoms with Crippen molar-refractivity contribution in [2.24, 2.45) is 0 Å². The van der Waals surface area contributed by atoms with E-state index < -0.39 is 16.1 Å². The molecule has 0 aliphatic carbocycles. The smallest absolute Gasteiger partial charge is 0.358 e. The van der Waals surface area contributed by atoms with Crippen LogP contribution in [0.25, 0.3) is 0 Å². The lowest BCUT2D eigenvalue weighted by Crippen LogP contribution is -2.25. The van der Waals surface area contributed by atoms with Crippen LogP contribution in [-0.4, -0.2) is 151 Å². The number of esters is 2. The molecule has 4 saturated heterocycles. The molecule has 0 radical (unpaired) electrons. The van der Waals surface area contributed by atoms with Gasteiger partial charge in [-0.15, -0.1) is 0 Å². The Morgan fingerprint density at radius 1 is 0.724 bits per heavy atom. The molecule has 0 aromatic carbocycles. The third kappa shape index (κ3) is 19.0. The van der Waals surface area contributed by atoms with Crippen LogP contribution < -0.4 is 0 Å². The summed E-state index contributed by atoms with van der Waals surface area (Å²) in [6, 6.07) is 5.43. The van der Waals surface area contributed by atoms with Crippen LogP contribution in [0.15, 0.2) is 36.8 Å². The van der Waals surface area contributed by atoms with E-state index in [2.05, 4.69) is 25.1 Å². The highest BCUT2D eigenvalue weighted by atomic mass is 32.2. The number of carboxylic acids is 1. The third-order valence-electron chi connectivity index (χ3n) is 8.72. The maximum absolute atomic E-state index is 11.4. The number of hydrogen-bond acceptors (Lipinski definition) is 16. The number of rotatable bonds is 9. The maximum Gasteiger partial charge on any atom is 0.358 e. The number of nitrogens with zero attached hydrogens (tertiary/aromatic N) is 5. The summed E-state index contributed by atoms with van der Waals surface area (Å²) >= 11 is 0. The molecule has 0 unspecified atom stereocenters. The summed E-state index contributed by atoms with van der Waals surface area (Å²) in [6.07, 6.45) is 12.6. The normalized spacial score (nSPS) is 18.0. The Kier molecular flexibility index (Phi) is 22.1. The molecule has 0 atom stereocenters. The second-order valence-corrected chi connectivity index (χ2v) is 14.8. The van der Waals surface area contributed by atoms with E-state index in [-0.39, 0.29) is 35.9 Å². The number of aromatic nitrogens is 6. The van der Waals surface area contributed by atoms with E-state index in [4.69, 9.17) is 38.1 Å². The van der Waals surface area contributed by atoms with Gasteiger partial charge in [-0.3, -0.25) is 18.6 Å². The molecule has 0 spiro atoms. The molecule has 20 nitrogen and oxygen atoms in total. The first-order valence-corrected chi connectivity index (χ1v) is 21.3. The highest BCUT2D eigenvalue weighted by Crippen LogP contribution is 2.21. The van der Waals surface area contributed by atoms with Gasteiger partial charge in [-0.1, -0.05) is 0 Å². The van der Waals surface area contributed by atoms with Crippen molar-refractivity contribution in [1.29, 1.82) is 0 Å². The molecule has 7 heterocycles. The first-order valence-electron chi connectivity index (χ1n) is 19.4. The van der Waals surface area contributed by atoms with Gasteiger partial charge < -0.3 is 38.6 Å².